The van der Waals surface area contributed by atoms with Crippen LogP contribution in [-0.2, 0) is 0 Å². The minimum Gasteiger partial charge on any atom is -0.493 e. The lowest BCUT2D eigenvalue weighted by atomic mass is 10.1. The fourth-order valence-corrected chi connectivity index (χ4v) is 2.40. The zero-order chi connectivity index (χ0) is 18.9. The van der Waals surface area contributed by atoms with Crippen molar-refractivity contribution in [2.75, 3.05) is 33.2 Å². The monoisotopic (exact) mass is 356 g/mol. The molecule has 0 unspecified atom stereocenters. The van der Waals surface area contributed by atoms with Crippen molar-refractivity contribution in [2.24, 2.45) is 0 Å². The summed E-state index contributed by atoms with van der Waals surface area (Å²) in [4.78, 5) is 11.5. The number of carbonyl (C=O) groups is 1. The lowest BCUT2D eigenvalue weighted by molar-refractivity contribution is 0.252. The first-order valence-corrected chi connectivity index (χ1v) is 8.24. The van der Waals surface area contributed by atoms with Crippen molar-refractivity contribution in [3.63, 3.8) is 0 Å². The van der Waals surface area contributed by atoms with Crippen LogP contribution in [0.4, 0.5) is 10.5 Å². The third-order valence-corrected chi connectivity index (χ3v) is 3.66. The Morgan fingerprint density at radius 2 is 1.50 bits per heavy atom. The van der Waals surface area contributed by atoms with Gasteiger partial charge in [0.2, 0.25) is 5.75 Å². The fraction of sp³-hybridized carbons (Fsp3) is 0.250. The zero-order valence-electron chi connectivity index (χ0n) is 15.5. The maximum absolute atomic E-state index is 11.5. The molecule has 0 atom stereocenters. The predicted octanol–water partition coefficient (Wildman–Crippen LogP) is 4.02. The van der Waals surface area contributed by atoms with Gasteiger partial charge in [0.15, 0.2) is 11.5 Å². The summed E-state index contributed by atoms with van der Waals surface area (Å²) in [5.74, 6) is 1.77. The second kappa shape index (κ2) is 9.36. The standard InChI is InChI=1S/C20H24N2O4/c1-5-21-20(23)22-16-10-8-14(9-11-16)6-7-15-12-17(24-2)19(26-4)18(13-15)25-3/h6-13H,5H2,1-4H3,(H2,21,22,23)/b7-6+. The molecule has 6 nitrogen and oxygen atoms in total. The van der Waals surface area contributed by atoms with Crippen LogP contribution in [0.15, 0.2) is 36.4 Å². The van der Waals surface area contributed by atoms with Crippen LogP contribution in [-0.4, -0.2) is 33.9 Å². The van der Waals surface area contributed by atoms with Crippen molar-refractivity contribution < 1.29 is 19.0 Å². The molecule has 0 heterocycles. The van der Waals surface area contributed by atoms with Crippen molar-refractivity contribution in [1.82, 2.24) is 5.32 Å². The number of anilines is 1. The van der Waals surface area contributed by atoms with Gasteiger partial charge in [-0.2, -0.15) is 0 Å². The molecule has 0 fully saturated rings. The number of methoxy groups -OCH3 is 3. The van der Waals surface area contributed by atoms with Gasteiger partial charge in [0.1, 0.15) is 0 Å². The number of hydrogen-bond donors (Lipinski definition) is 2. The number of nitrogens with one attached hydrogen (secondary N) is 2. The number of urea groups is 1. The zero-order valence-corrected chi connectivity index (χ0v) is 15.5. The summed E-state index contributed by atoms with van der Waals surface area (Å²) < 4.78 is 16.0. The highest BCUT2D eigenvalue weighted by atomic mass is 16.5. The van der Waals surface area contributed by atoms with Crippen LogP contribution in [0.2, 0.25) is 0 Å². The second-order valence-electron chi connectivity index (χ2n) is 5.40. The number of amides is 2. The highest BCUT2D eigenvalue weighted by Gasteiger charge is 2.11. The molecule has 0 aliphatic heterocycles. The lowest BCUT2D eigenvalue weighted by Crippen LogP contribution is -2.28. The van der Waals surface area contributed by atoms with Gasteiger partial charge in [-0.05, 0) is 42.3 Å². The Bertz CT molecular complexity index is 745. The number of hydrogen-bond acceptors (Lipinski definition) is 4. The van der Waals surface area contributed by atoms with Gasteiger partial charge in [0.05, 0.1) is 21.3 Å². The smallest absolute Gasteiger partial charge is 0.319 e. The van der Waals surface area contributed by atoms with Crippen LogP contribution in [0.1, 0.15) is 18.1 Å². The van der Waals surface area contributed by atoms with Gasteiger partial charge >= 0.3 is 6.03 Å². The van der Waals surface area contributed by atoms with Crippen molar-refractivity contribution in [1.29, 1.82) is 0 Å². The highest BCUT2D eigenvalue weighted by molar-refractivity contribution is 5.89. The third kappa shape index (κ3) is 4.92. The van der Waals surface area contributed by atoms with E-state index in [4.69, 9.17) is 14.2 Å². The van der Waals surface area contributed by atoms with Crippen LogP contribution in [0, 0.1) is 0 Å². The van der Waals surface area contributed by atoms with E-state index in [-0.39, 0.29) is 6.03 Å². The molecule has 0 bridgehead atoms. The van der Waals surface area contributed by atoms with E-state index in [1.165, 1.54) is 0 Å². The van der Waals surface area contributed by atoms with Gasteiger partial charge in [-0.1, -0.05) is 24.3 Å². The van der Waals surface area contributed by atoms with Gasteiger partial charge in [-0.25, -0.2) is 4.79 Å². The lowest BCUT2D eigenvalue weighted by Gasteiger charge is -2.12. The summed E-state index contributed by atoms with van der Waals surface area (Å²) in [6.07, 6.45) is 3.92. The summed E-state index contributed by atoms with van der Waals surface area (Å²) in [6, 6.07) is 11.1. The predicted molar refractivity (Wildman–Crippen MR) is 104 cm³/mol. The Hall–Kier alpha value is -3.15. The molecule has 0 aromatic heterocycles. The van der Waals surface area contributed by atoms with Crippen LogP contribution in [0.5, 0.6) is 17.2 Å². The topological polar surface area (TPSA) is 68.8 Å². The van der Waals surface area contributed by atoms with E-state index in [0.29, 0.717) is 23.8 Å². The van der Waals surface area contributed by atoms with E-state index in [9.17, 15) is 4.79 Å². The normalized spacial score (nSPS) is 10.5. The van der Waals surface area contributed by atoms with Crippen LogP contribution >= 0.6 is 0 Å². The van der Waals surface area contributed by atoms with Crippen LogP contribution in [0.3, 0.4) is 0 Å². The van der Waals surface area contributed by atoms with E-state index in [0.717, 1.165) is 16.8 Å². The van der Waals surface area contributed by atoms with E-state index < -0.39 is 0 Å². The van der Waals surface area contributed by atoms with E-state index in [1.54, 1.807) is 21.3 Å². The average molecular weight is 356 g/mol. The molecule has 0 aliphatic rings. The summed E-state index contributed by atoms with van der Waals surface area (Å²) in [6.45, 7) is 2.46. The minimum absolute atomic E-state index is 0.215. The van der Waals surface area contributed by atoms with E-state index >= 15 is 0 Å². The molecular weight excluding hydrogens is 332 g/mol. The minimum atomic E-state index is -0.215. The first-order chi connectivity index (χ1) is 12.6. The van der Waals surface area contributed by atoms with Gasteiger partial charge in [0.25, 0.3) is 0 Å². The first-order valence-electron chi connectivity index (χ1n) is 8.24. The van der Waals surface area contributed by atoms with Crippen LogP contribution < -0.4 is 24.8 Å². The molecule has 0 spiro atoms. The average Bonchev–Trinajstić information content (AvgIpc) is 2.66. The number of benzene rings is 2. The van der Waals surface area contributed by atoms with E-state index in [1.807, 2.05) is 55.5 Å². The third-order valence-electron chi connectivity index (χ3n) is 3.66. The molecule has 0 saturated heterocycles. The molecule has 2 N–H and O–H groups in total. The van der Waals surface area contributed by atoms with Crippen molar-refractivity contribution >= 4 is 23.9 Å². The molecule has 0 saturated carbocycles. The van der Waals surface area contributed by atoms with Gasteiger partial charge in [-0.3, -0.25) is 0 Å². The van der Waals surface area contributed by atoms with Crippen molar-refractivity contribution in [3.8, 4) is 17.2 Å². The Labute approximate surface area is 153 Å². The highest BCUT2D eigenvalue weighted by Crippen LogP contribution is 2.38. The summed E-state index contributed by atoms with van der Waals surface area (Å²) in [5, 5.41) is 5.45. The number of carbonyl (C=O) groups excluding carboxylic acids is 1. The van der Waals surface area contributed by atoms with Gasteiger partial charge < -0.3 is 24.8 Å². The van der Waals surface area contributed by atoms with Gasteiger partial charge in [-0.15, -0.1) is 0 Å². The number of ether oxygens (including phenoxy) is 3. The molecule has 2 aromatic rings. The largest absolute Gasteiger partial charge is 0.493 e. The SMILES string of the molecule is CCNC(=O)Nc1ccc(/C=C/c2cc(OC)c(OC)c(OC)c2)cc1. The van der Waals surface area contributed by atoms with Crippen molar-refractivity contribution in [2.45, 2.75) is 6.92 Å². The molecule has 26 heavy (non-hydrogen) atoms. The quantitative estimate of drug-likeness (QED) is 0.735. The Balaban J connectivity index is 2.15. The summed E-state index contributed by atoms with van der Waals surface area (Å²) in [7, 11) is 4.75. The molecule has 2 rings (SSSR count). The molecule has 2 amide bonds. The second-order valence-corrected chi connectivity index (χ2v) is 5.40. The Morgan fingerprint density at radius 3 is 2.00 bits per heavy atom. The van der Waals surface area contributed by atoms with E-state index in [2.05, 4.69) is 10.6 Å². The maximum atomic E-state index is 11.5. The summed E-state index contributed by atoms with van der Waals surface area (Å²) in [5.41, 5.74) is 2.66. The van der Waals surface area contributed by atoms with Crippen LogP contribution in [0.25, 0.3) is 12.2 Å². The molecule has 6 heteroatoms. The molecule has 0 radical (unpaired) electrons. The molecule has 0 aliphatic carbocycles. The van der Waals surface area contributed by atoms with Crippen molar-refractivity contribution in [3.05, 3.63) is 47.5 Å². The molecule has 138 valence electrons. The number of rotatable bonds is 7. The Kier molecular flexibility index (Phi) is 6.91. The summed E-state index contributed by atoms with van der Waals surface area (Å²) >= 11 is 0. The maximum Gasteiger partial charge on any atom is 0.319 e. The molecule has 2 aromatic carbocycles. The first kappa shape index (κ1) is 19.2. The molecular formula is C20H24N2O4. The fourth-order valence-electron chi connectivity index (χ4n) is 2.40. The van der Waals surface area contributed by atoms with Gasteiger partial charge in [0, 0.05) is 12.2 Å². The Morgan fingerprint density at radius 1 is 0.923 bits per heavy atom.